The number of anilines is 2. The van der Waals surface area contributed by atoms with E-state index in [-0.39, 0.29) is 17.5 Å². The molecule has 33 heavy (non-hydrogen) atoms. The third kappa shape index (κ3) is 4.56. The van der Waals surface area contributed by atoms with Crippen LogP contribution in [0.25, 0.3) is 22.0 Å². The highest BCUT2D eigenvalue weighted by atomic mass is 32.2. The molecule has 0 aliphatic heterocycles. The predicted octanol–water partition coefficient (Wildman–Crippen LogP) is 4.55. The Balaban J connectivity index is 1.65. The van der Waals surface area contributed by atoms with E-state index in [0.29, 0.717) is 17.0 Å². The van der Waals surface area contributed by atoms with Gasteiger partial charge in [0.1, 0.15) is 22.2 Å². The van der Waals surface area contributed by atoms with E-state index in [1.54, 1.807) is 24.3 Å². The van der Waals surface area contributed by atoms with E-state index in [1.165, 1.54) is 13.2 Å². The van der Waals surface area contributed by atoms with Crippen molar-refractivity contribution in [1.29, 1.82) is 0 Å². The second-order valence-corrected chi connectivity index (χ2v) is 9.30. The summed E-state index contributed by atoms with van der Waals surface area (Å²) < 4.78 is 52.9. The van der Waals surface area contributed by atoms with Crippen molar-refractivity contribution in [1.82, 2.24) is 10.2 Å². The number of halogens is 1. The second-order valence-electron chi connectivity index (χ2n) is 7.65. The number of fused-ring (bicyclic) bond motifs is 1. The summed E-state index contributed by atoms with van der Waals surface area (Å²) in [5.41, 5.74) is 8.62. The van der Waals surface area contributed by atoms with Crippen LogP contribution in [-0.4, -0.2) is 31.8 Å². The number of aromatic nitrogens is 2. The molecule has 8 nitrogen and oxygen atoms in total. The van der Waals surface area contributed by atoms with Crippen molar-refractivity contribution in [2.75, 3.05) is 17.6 Å². The third-order valence-corrected chi connectivity index (χ3v) is 6.31. The number of nitrogens with one attached hydrogen (secondary N) is 2. The molecule has 0 aliphatic carbocycles. The Bertz CT molecular complexity index is 1420. The van der Waals surface area contributed by atoms with E-state index in [9.17, 15) is 12.8 Å². The molecule has 4 N–H and O–H groups in total. The van der Waals surface area contributed by atoms with Gasteiger partial charge in [0, 0.05) is 11.8 Å². The van der Waals surface area contributed by atoms with Crippen LogP contribution in [0.4, 0.5) is 15.9 Å². The average molecular weight is 471 g/mol. The number of nitrogens with two attached hydrogens (primary N) is 1. The summed E-state index contributed by atoms with van der Waals surface area (Å²) in [5, 5.41) is 7.66. The molecule has 0 bridgehead atoms. The number of nitrogens with zero attached hydrogens (tertiary/aromatic N) is 1. The van der Waals surface area contributed by atoms with Crippen molar-refractivity contribution in [3.63, 3.8) is 0 Å². The zero-order valence-corrected chi connectivity index (χ0v) is 19.0. The number of nitrogen functional groups attached to an aromatic ring is 1. The fraction of sp³-hybridized carbons (Fsp3) is 0.174. The van der Waals surface area contributed by atoms with Crippen molar-refractivity contribution in [2.45, 2.75) is 24.8 Å². The lowest BCUT2D eigenvalue weighted by Crippen LogP contribution is -2.14. The van der Waals surface area contributed by atoms with E-state index in [4.69, 9.17) is 15.2 Å². The van der Waals surface area contributed by atoms with Gasteiger partial charge in [-0.3, -0.25) is 9.82 Å². The molecular formula is C23H23FN4O4S. The standard InChI is InChI=1S/C23H23FN4O4S/c1-13(2)32-20-11-15(10-19-22(20)23(25)27-26-19)14-4-6-16(7-5-14)28-33(29,30)21-12-17(31-3)8-9-18(21)24/h4-13,28H,1-3H3,(H3,25,26,27). The van der Waals surface area contributed by atoms with Gasteiger partial charge in [0.15, 0.2) is 5.82 Å². The number of H-pyrrole nitrogens is 1. The highest BCUT2D eigenvalue weighted by molar-refractivity contribution is 7.92. The first kappa shape index (κ1) is 22.4. The van der Waals surface area contributed by atoms with Crippen molar-refractivity contribution in [2.24, 2.45) is 0 Å². The van der Waals surface area contributed by atoms with E-state index < -0.39 is 20.7 Å². The van der Waals surface area contributed by atoms with Crippen LogP contribution < -0.4 is 19.9 Å². The molecule has 0 amide bonds. The zero-order valence-electron chi connectivity index (χ0n) is 18.2. The summed E-state index contributed by atoms with van der Waals surface area (Å²) in [6.07, 6.45) is -0.0634. The summed E-state index contributed by atoms with van der Waals surface area (Å²) in [5.74, 6) is 0.315. The lowest BCUT2D eigenvalue weighted by atomic mass is 10.0. The van der Waals surface area contributed by atoms with Gasteiger partial charge >= 0.3 is 0 Å². The highest BCUT2D eigenvalue weighted by Gasteiger charge is 2.20. The number of hydrogen-bond donors (Lipinski definition) is 3. The van der Waals surface area contributed by atoms with Gasteiger partial charge in [0.2, 0.25) is 0 Å². The number of aromatic amines is 1. The Kier molecular flexibility index (Phi) is 5.86. The van der Waals surface area contributed by atoms with E-state index in [1.807, 2.05) is 26.0 Å². The first-order chi connectivity index (χ1) is 15.7. The zero-order chi connectivity index (χ0) is 23.8. The van der Waals surface area contributed by atoms with Crippen LogP contribution in [-0.2, 0) is 10.0 Å². The first-order valence-corrected chi connectivity index (χ1v) is 11.6. The van der Waals surface area contributed by atoms with Crippen LogP contribution in [0.2, 0.25) is 0 Å². The molecule has 4 rings (SSSR count). The van der Waals surface area contributed by atoms with Crippen LogP contribution in [0.1, 0.15) is 13.8 Å². The van der Waals surface area contributed by atoms with Crippen molar-refractivity contribution in [3.8, 4) is 22.6 Å². The SMILES string of the molecule is COc1ccc(F)c(S(=O)(=O)Nc2ccc(-c3cc(OC(C)C)c4c(N)n[nH]c4c3)cc2)c1. The van der Waals surface area contributed by atoms with E-state index in [2.05, 4.69) is 14.9 Å². The number of hydrogen-bond acceptors (Lipinski definition) is 6. The number of ether oxygens (including phenoxy) is 2. The van der Waals surface area contributed by atoms with Crippen LogP contribution in [0, 0.1) is 5.82 Å². The van der Waals surface area contributed by atoms with Gasteiger partial charge in [-0.05, 0) is 61.4 Å². The number of rotatable bonds is 7. The molecule has 0 aliphatic rings. The molecule has 0 atom stereocenters. The van der Waals surface area contributed by atoms with Crippen LogP contribution >= 0.6 is 0 Å². The summed E-state index contributed by atoms with van der Waals surface area (Å²) in [7, 11) is -2.78. The summed E-state index contributed by atoms with van der Waals surface area (Å²) in [6.45, 7) is 3.83. The van der Waals surface area contributed by atoms with Gasteiger partial charge in [0.05, 0.1) is 24.1 Å². The van der Waals surface area contributed by atoms with Gasteiger partial charge < -0.3 is 15.2 Å². The lowest BCUT2D eigenvalue weighted by Gasteiger charge is -2.14. The molecule has 0 fully saturated rings. The highest BCUT2D eigenvalue weighted by Crippen LogP contribution is 2.35. The molecule has 0 saturated heterocycles. The summed E-state index contributed by atoms with van der Waals surface area (Å²) in [6, 6.07) is 14.0. The van der Waals surface area contributed by atoms with Gasteiger partial charge in [-0.1, -0.05) is 12.1 Å². The van der Waals surface area contributed by atoms with Gasteiger partial charge in [0.25, 0.3) is 10.0 Å². The van der Waals surface area contributed by atoms with E-state index >= 15 is 0 Å². The molecular weight excluding hydrogens is 447 g/mol. The van der Waals surface area contributed by atoms with E-state index in [0.717, 1.165) is 28.8 Å². The average Bonchev–Trinajstić information content (AvgIpc) is 3.15. The van der Waals surface area contributed by atoms with Crippen LogP contribution in [0.3, 0.4) is 0 Å². The molecule has 10 heteroatoms. The second kappa shape index (κ2) is 8.62. The molecule has 172 valence electrons. The fourth-order valence-electron chi connectivity index (χ4n) is 3.42. The Hall–Kier alpha value is -3.79. The smallest absolute Gasteiger partial charge is 0.264 e. The first-order valence-electron chi connectivity index (χ1n) is 10.1. The maximum atomic E-state index is 14.1. The maximum absolute atomic E-state index is 14.1. The normalized spacial score (nSPS) is 11.7. The Morgan fingerprint density at radius 3 is 2.45 bits per heavy atom. The maximum Gasteiger partial charge on any atom is 0.264 e. The molecule has 0 spiro atoms. The monoisotopic (exact) mass is 470 g/mol. The quantitative estimate of drug-likeness (QED) is 0.365. The summed E-state index contributed by atoms with van der Waals surface area (Å²) >= 11 is 0. The van der Waals surface area contributed by atoms with Gasteiger partial charge in [-0.25, -0.2) is 12.8 Å². The molecule has 0 unspecified atom stereocenters. The number of benzene rings is 3. The molecule has 4 aromatic rings. The topological polar surface area (TPSA) is 119 Å². The molecule has 0 radical (unpaired) electrons. The Morgan fingerprint density at radius 1 is 1.06 bits per heavy atom. The predicted molar refractivity (Wildman–Crippen MR) is 125 cm³/mol. The molecule has 1 heterocycles. The minimum atomic E-state index is -4.15. The number of methoxy groups -OCH3 is 1. The minimum absolute atomic E-state index is 0.0634. The Morgan fingerprint density at radius 2 is 1.79 bits per heavy atom. The van der Waals surface area contributed by atoms with Crippen LogP contribution in [0.5, 0.6) is 11.5 Å². The molecule has 0 saturated carbocycles. The summed E-state index contributed by atoms with van der Waals surface area (Å²) in [4.78, 5) is -0.497. The molecule has 3 aromatic carbocycles. The molecule has 1 aromatic heterocycles. The van der Waals surface area contributed by atoms with Crippen molar-refractivity contribution >= 4 is 32.4 Å². The van der Waals surface area contributed by atoms with Gasteiger partial charge in [-0.15, -0.1) is 0 Å². The lowest BCUT2D eigenvalue weighted by molar-refractivity contribution is 0.245. The third-order valence-electron chi connectivity index (χ3n) is 4.92. The van der Waals surface area contributed by atoms with Crippen LogP contribution in [0.15, 0.2) is 59.5 Å². The van der Waals surface area contributed by atoms with Gasteiger partial charge in [-0.2, -0.15) is 5.10 Å². The fourth-order valence-corrected chi connectivity index (χ4v) is 4.57. The number of sulfonamides is 1. The van der Waals surface area contributed by atoms with Crippen molar-refractivity contribution < 1.29 is 22.3 Å². The Labute approximate surface area is 190 Å². The minimum Gasteiger partial charge on any atom is -0.497 e. The largest absolute Gasteiger partial charge is 0.497 e. The van der Waals surface area contributed by atoms with Crippen molar-refractivity contribution in [3.05, 3.63) is 60.4 Å².